The second kappa shape index (κ2) is 7.38. The largest absolute Gasteiger partial charge is 0.382 e. The van der Waals surface area contributed by atoms with Gasteiger partial charge in [0.25, 0.3) is 0 Å². The van der Waals surface area contributed by atoms with Gasteiger partial charge in [-0.1, -0.05) is 18.2 Å². The first-order valence-electron chi connectivity index (χ1n) is 8.42. The van der Waals surface area contributed by atoms with Gasteiger partial charge in [0.15, 0.2) is 28.8 Å². The number of nitrogens with zero attached hydrogens (tertiary/aromatic N) is 5. The number of nitrogens with two attached hydrogens (primary N) is 2. The second-order valence-electron chi connectivity index (χ2n) is 5.98. The van der Waals surface area contributed by atoms with E-state index in [2.05, 4.69) is 30.4 Å². The van der Waals surface area contributed by atoms with Gasteiger partial charge in [0.05, 0.1) is 11.9 Å². The SMILES string of the molecule is Nc1nc(-c2nn(Cc3ccccc3F)c3ncccc23)nc(N)c1NOC=O. The van der Waals surface area contributed by atoms with Gasteiger partial charge < -0.3 is 16.3 Å². The summed E-state index contributed by atoms with van der Waals surface area (Å²) < 4.78 is 15.7. The Labute approximate surface area is 163 Å². The van der Waals surface area contributed by atoms with Gasteiger partial charge in [-0.05, 0) is 18.2 Å². The number of halogens is 1. The first kappa shape index (κ1) is 18.1. The summed E-state index contributed by atoms with van der Waals surface area (Å²) in [6.45, 7) is 0.342. The molecule has 0 unspecified atom stereocenters. The molecule has 0 aliphatic rings. The van der Waals surface area contributed by atoms with E-state index in [9.17, 15) is 9.18 Å². The number of nitrogen functional groups attached to an aromatic ring is 2. The molecule has 0 fully saturated rings. The van der Waals surface area contributed by atoms with Crippen molar-refractivity contribution in [3.63, 3.8) is 0 Å². The third-order valence-electron chi connectivity index (χ3n) is 4.17. The molecule has 10 nitrogen and oxygen atoms in total. The van der Waals surface area contributed by atoms with Crippen molar-refractivity contribution in [1.82, 2.24) is 24.7 Å². The Bertz CT molecular complexity index is 1190. The van der Waals surface area contributed by atoms with E-state index in [1.54, 1.807) is 41.2 Å². The van der Waals surface area contributed by atoms with Crippen LogP contribution in [0.4, 0.5) is 21.7 Å². The van der Waals surface area contributed by atoms with Gasteiger partial charge in [-0.25, -0.2) is 29.5 Å². The number of carbonyl (C=O) groups excluding carboxylic acids is 1. The lowest BCUT2D eigenvalue weighted by Crippen LogP contribution is -2.10. The van der Waals surface area contributed by atoms with Gasteiger partial charge >= 0.3 is 6.47 Å². The summed E-state index contributed by atoms with van der Waals surface area (Å²) in [7, 11) is 0. The van der Waals surface area contributed by atoms with E-state index in [1.807, 2.05) is 0 Å². The van der Waals surface area contributed by atoms with Crippen molar-refractivity contribution >= 4 is 34.8 Å². The fourth-order valence-corrected chi connectivity index (χ4v) is 2.86. The molecular weight excluding hydrogens is 379 g/mol. The van der Waals surface area contributed by atoms with Gasteiger partial charge in [-0.3, -0.25) is 4.79 Å². The number of pyridine rings is 1. The molecule has 29 heavy (non-hydrogen) atoms. The van der Waals surface area contributed by atoms with E-state index < -0.39 is 0 Å². The second-order valence-corrected chi connectivity index (χ2v) is 5.98. The summed E-state index contributed by atoms with van der Waals surface area (Å²) in [5.41, 5.74) is 15.5. The smallest absolute Gasteiger partial charge is 0.320 e. The highest BCUT2D eigenvalue weighted by atomic mass is 19.1. The Balaban J connectivity index is 1.81. The minimum Gasteiger partial charge on any atom is -0.382 e. The molecule has 0 spiro atoms. The predicted octanol–water partition coefficient (Wildman–Crippen LogP) is 1.74. The van der Waals surface area contributed by atoms with Crippen LogP contribution in [0.25, 0.3) is 22.6 Å². The molecule has 4 rings (SSSR count). The molecule has 3 heterocycles. The molecule has 0 saturated carbocycles. The molecule has 0 bridgehead atoms. The molecule has 4 aromatic rings. The van der Waals surface area contributed by atoms with E-state index in [4.69, 9.17) is 11.5 Å². The third-order valence-corrected chi connectivity index (χ3v) is 4.17. The Kier molecular flexibility index (Phi) is 4.61. The van der Waals surface area contributed by atoms with Gasteiger partial charge in [-0.2, -0.15) is 5.10 Å². The molecule has 0 atom stereocenters. The highest BCUT2D eigenvalue weighted by molar-refractivity contribution is 5.90. The van der Waals surface area contributed by atoms with Crippen molar-refractivity contribution < 1.29 is 14.0 Å². The normalized spacial score (nSPS) is 10.8. The Morgan fingerprint density at radius 1 is 1.14 bits per heavy atom. The monoisotopic (exact) mass is 394 g/mol. The number of rotatable bonds is 6. The molecule has 0 aliphatic carbocycles. The van der Waals surface area contributed by atoms with Crippen molar-refractivity contribution in [2.45, 2.75) is 6.54 Å². The van der Waals surface area contributed by atoms with Gasteiger partial charge in [0.1, 0.15) is 11.5 Å². The molecule has 5 N–H and O–H groups in total. The maximum absolute atomic E-state index is 14.1. The average molecular weight is 394 g/mol. The predicted molar refractivity (Wildman–Crippen MR) is 104 cm³/mol. The zero-order valence-corrected chi connectivity index (χ0v) is 14.9. The number of hydrogen-bond acceptors (Lipinski definition) is 9. The lowest BCUT2D eigenvalue weighted by atomic mass is 10.2. The van der Waals surface area contributed by atoms with Crippen molar-refractivity contribution in [2.75, 3.05) is 16.9 Å². The fourth-order valence-electron chi connectivity index (χ4n) is 2.86. The first-order chi connectivity index (χ1) is 14.1. The molecule has 0 radical (unpaired) electrons. The minimum atomic E-state index is -0.344. The van der Waals surface area contributed by atoms with Crippen LogP contribution in [0.15, 0.2) is 42.6 Å². The average Bonchev–Trinajstić information content (AvgIpc) is 3.08. The van der Waals surface area contributed by atoms with Crippen molar-refractivity contribution in [1.29, 1.82) is 0 Å². The van der Waals surface area contributed by atoms with E-state index >= 15 is 0 Å². The van der Waals surface area contributed by atoms with Crippen LogP contribution in [0.2, 0.25) is 0 Å². The zero-order chi connectivity index (χ0) is 20.4. The van der Waals surface area contributed by atoms with Crippen LogP contribution in [0.3, 0.4) is 0 Å². The number of benzene rings is 1. The van der Waals surface area contributed by atoms with Gasteiger partial charge in [-0.15, -0.1) is 0 Å². The van der Waals surface area contributed by atoms with Crippen LogP contribution in [-0.4, -0.2) is 31.2 Å². The maximum atomic E-state index is 14.1. The molecule has 0 amide bonds. The van der Waals surface area contributed by atoms with E-state index in [1.165, 1.54) is 6.07 Å². The quantitative estimate of drug-likeness (QED) is 0.328. The van der Waals surface area contributed by atoms with Crippen molar-refractivity contribution in [3.05, 3.63) is 54.0 Å². The van der Waals surface area contributed by atoms with Crippen LogP contribution in [-0.2, 0) is 16.2 Å². The summed E-state index contributed by atoms with van der Waals surface area (Å²) in [6.07, 6.45) is 1.61. The number of fused-ring (bicyclic) bond motifs is 1. The number of anilines is 3. The summed E-state index contributed by atoms with van der Waals surface area (Å²) >= 11 is 0. The highest BCUT2D eigenvalue weighted by Gasteiger charge is 2.19. The Morgan fingerprint density at radius 3 is 2.62 bits per heavy atom. The minimum absolute atomic E-state index is 0.0324. The number of hydrogen-bond donors (Lipinski definition) is 3. The van der Waals surface area contributed by atoms with E-state index in [0.717, 1.165) is 0 Å². The topological polar surface area (TPSA) is 147 Å². The fraction of sp³-hybridized carbons (Fsp3) is 0.0556. The summed E-state index contributed by atoms with van der Waals surface area (Å²) in [5, 5.41) is 5.16. The molecule has 146 valence electrons. The van der Waals surface area contributed by atoms with Crippen LogP contribution >= 0.6 is 0 Å². The first-order valence-corrected chi connectivity index (χ1v) is 8.42. The standard InChI is InChI=1S/C18H15FN8O2/c19-12-6-2-1-4-10(12)8-27-18-11(5-3-7-22-18)13(25-27)17-23-15(20)14(16(21)24-17)26-29-9-28/h1-7,9,26H,8H2,(H4,20,21,23,24). The van der Waals surface area contributed by atoms with Crippen molar-refractivity contribution in [2.24, 2.45) is 0 Å². The Morgan fingerprint density at radius 2 is 1.90 bits per heavy atom. The van der Waals surface area contributed by atoms with Crippen molar-refractivity contribution in [3.8, 4) is 11.5 Å². The highest BCUT2D eigenvalue weighted by Crippen LogP contribution is 2.30. The van der Waals surface area contributed by atoms with Crippen LogP contribution in [0, 0.1) is 5.82 Å². The lowest BCUT2D eigenvalue weighted by Gasteiger charge is -2.09. The molecule has 3 aromatic heterocycles. The van der Waals surface area contributed by atoms with Crippen LogP contribution in [0.1, 0.15) is 5.56 Å². The lowest BCUT2D eigenvalue weighted by molar-refractivity contribution is -0.126. The van der Waals surface area contributed by atoms with Crippen LogP contribution in [0.5, 0.6) is 0 Å². The number of carbonyl (C=O) groups is 1. The van der Waals surface area contributed by atoms with Gasteiger partial charge in [0.2, 0.25) is 0 Å². The maximum Gasteiger partial charge on any atom is 0.320 e. The molecular formula is C18H15FN8O2. The zero-order valence-electron chi connectivity index (χ0n) is 14.9. The summed E-state index contributed by atoms with van der Waals surface area (Å²) in [6, 6.07) is 9.95. The van der Waals surface area contributed by atoms with Crippen LogP contribution < -0.4 is 16.9 Å². The third kappa shape index (κ3) is 3.36. The molecule has 1 aromatic carbocycles. The van der Waals surface area contributed by atoms with E-state index in [0.29, 0.717) is 22.3 Å². The van der Waals surface area contributed by atoms with Gasteiger partial charge in [0, 0.05) is 11.8 Å². The molecule has 11 heteroatoms. The number of aromatic nitrogens is 5. The molecule has 0 saturated heterocycles. The summed E-state index contributed by atoms with van der Waals surface area (Å²) in [5.74, 6) is -0.254. The summed E-state index contributed by atoms with van der Waals surface area (Å²) in [4.78, 5) is 27.5. The van der Waals surface area contributed by atoms with E-state index in [-0.39, 0.29) is 42.0 Å². The Hall–Kier alpha value is -4.28. The number of nitrogens with one attached hydrogen (secondary N) is 1. The molecule has 0 aliphatic heterocycles.